The minimum Gasteiger partial charge on any atom is -0.396 e. The molecule has 3 N–H and O–H groups in total. The zero-order valence-corrected chi connectivity index (χ0v) is 13.1. The van der Waals surface area contributed by atoms with Gasteiger partial charge in [0.2, 0.25) is 5.91 Å². The van der Waals surface area contributed by atoms with Gasteiger partial charge in [-0.25, -0.2) is 8.42 Å². The minimum absolute atomic E-state index is 0.0360. The molecule has 7 heteroatoms. The molecule has 1 rings (SSSR count). The fourth-order valence-electron chi connectivity index (χ4n) is 2.28. The molecule has 1 heterocycles. The van der Waals surface area contributed by atoms with Crippen molar-refractivity contribution in [2.24, 2.45) is 5.41 Å². The summed E-state index contributed by atoms with van der Waals surface area (Å²) in [6.07, 6.45) is 1.74. The van der Waals surface area contributed by atoms with Crippen molar-refractivity contribution in [2.45, 2.75) is 39.2 Å². The molecule has 0 aliphatic carbocycles. The van der Waals surface area contributed by atoms with Gasteiger partial charge in [-0.2, -0.15) is 0 Å². The van der Waals surface area contributed by atoms with Gasteiger partial charge in [-0.3, -0.25) is 4.79 Å². The molecule has 1 aliphatic rings. The van der Waals surface area contributed by atoms with E-state index in [2.05, 4.69) is 10.6 Å². The first kappa shape index (κ1) is 17.4. The Balaban J connectivity index is 2.33. The van der Waals surface area contributed by atoms with Gasteiger partial charge in [-0.1, -0.05) is 13.8 Å². The lowest BCUT2D eigenvalue weighted by Gasteiger charge is -2.26. The van der Waals surface area contributed by atoms with Gasteiger partial charge in [0.25, 0.3) is 0 Å². The third kappa shape index (κ3) is 6.67. The van der Waals surface area contributed by atoms with Crippen LogP contribution in [0.3, 0.4) is 0 Å². The molecule has 1 aliphatic heterocycles. The van der Waals surface area contributed by atoms with Crippen LogP contribution in [0.15, 0.2) is 0 Å². The van der Waals surface area contributed by atoms with Gasteiger partial charge in [-0.05, 0) is 18.3 Å². The Hall–Kier alpha value is -0.660. The average Bonchev–Trinajstić information content (AvgIpc) is 2.33. The Labute approximate surface area is 121 Å². The maximum absolute atomic E-state index is 11.8. The molecule has 0 radical (unpaired) electrons. The summed E-state index contributed by atoms with van der Waals surface area (Å²) in [4.78, 5) is 11.8. The van der Waals surface area contributed by atoms with Crippen molar-refractivity contribution in [3.63, 3.8) is 0 Å². The van der Waals surface area contributed by atoms with Gasteiger partial charge in [0.1, 0.15) is 0 Å². The van der Waals surface area contributed by atoms with Crippen LogP contribution < -0.4 is 10.6 Å². The van der Waals surface area contributed by atoms with Crippen molar-refractivity contribution in [1.82, 2.24) is 10.6 Å². The Bertz CT molecular complexity index is 420. The highest BCUT2D eigenvalue weighted by Gasteiger charge is 2.26. The molecule has 1 saturated heterocycles. The summed E-state index contributed by atoms with van der Waals surface area (Å²) in [6, 6.07) is -0.283. The summed E-state index contributed by atoms with van der Waals surface area (Å²) < 4.78 is 23.0. The largest absolute Gasteiger partial charge is 0.396 e. The number of aliphatic hydroxyl groups is 1. The Morgan fingerprint density at radius 1 is 1.45 bits per heavy atom. The Morgan fingerprint density at radius 3 is 2.75 bits per heavy atom. The number of hydrogen-bond acceptors (Lipinski definition) is 5. The van der Waals surface area contributed by atoms with Gasteiger partial charge in [0.15, 0.2) is 9.84 Å². The van der Waals surface area contributed by atoms with Gasteiger partial charge in [-0.15, -0.1) is 0 Å². The third-order valence-corrected chi connectivity index (χ3v) is 5.25. The summed E-state index contributed by atoms with van der Waals surface area (Å²) in [5.74, 6) is 0.0601. The SMILES string of the molecule is CC(C)(CCCO)CNC(=O)CC1CS(=O)(=O)CCN1. The highest BCUT2D eigenvalue weighted by Crippen LogP contribution is 2.20. The Morgan fingerprint density at radius 2 is 2.15 bits per heavy atom. The predicted octanol–water partition coefficient (Wildman–Crippen LogP) is -0.322. The molecule has 6 nitrogen and oxygen atoms in total. The van der Waals surface area contributed by atoms with Crippen LogP contribution in [0.4, 0.5) is 0 Å². The molecule has 20 heavy (non-hydrogen) atoms. The van der Waals surface area contributed by atoms with E-state index in [0.717, 1.165) is 6.42 Å². The third-order valence-electron chi connectivity index (χ3n) is 3.51. The van der Waals surface area contributed by atoms with E-state index in [0.29, 0.717) is 19.5 Å². The maximum atomic E-state index is 11.8. The lowest BCUT2D eigenvalue weighted by Crippen LogP contribution is -2.47. The van der Waals surface area contributed by atoms with Crippen molar-refractivity contribution in [2.75, 3.05) is 31.2 Å². The molecule has 1 amide bonds. The molecule has 0 saturated carbocycles. The van der Waals surface area contributed by atoms with Crippen molar-refractivity contribution in [3.05, 3.63) is 0 Å². The van der Waals surface area contributed by atoms with Gasteiger partial charge < -0.3 is 15.7 Å². The van der Waals surface area contributed by atoms with E-state index >= 15 is 0 Å². The van der Waals surface area contributed by atoms with Gasteiger partial charge in [0.05, 0.1) is 11.5 Å². The molecular weight excluding hydrogens is 280 g/mol. The van der Waals surface area contributed by atoms with Crippen LogP contribution in [-0.2, 0) is 14.6 Å². The molecule has 0 aromatic rings. The number of rotatable bonds is 7. The van der Waals surface area contributed by atoms with Crippen LogP contribution in [0.2, 0.25) is 0 Å². The second kappa shape index (κ2) is 7.38. The summed E-state index contributed by atoms with van der Waals surface area (Å²) in [5, 5.41) is 14.7. The van der Waals surface area contributed by atoms with Crippen molar-refractivity contribution in [1.29, 1.82) is 0 Å². The molecule has 1 fully saturated rings. The van der Waals surface area contributed by atoms with E-state index < -0.39 is 9.84 Å². The number of sulfone groups is 1. The van der Waals surface area contributed by atoms with E-state index in [1.807, 2.05) is 13.8 Å². The minimum atomic E-state index is -3.00. The van der Waals surface area contributed by atoms with E-state index in [9.17, 15) is 13.2 Å². The number of aliphatic hydroxyl groups excluding tert-OH is 1. The number of hydrogen-bond donors (Lipinski definition) is 3. The molecular formula is C13H26N2O4S. The zero-order valence-electron chi connectivity index (χ0n) is 12.3. The highest BCUT2D eigenvalue weighted by molar-refractivity contribution is 7.91. The molecule has 0 spiro atoms. The monoisotopic (exact) mass is 306 g/mol. The fourth-order valence-corrected chi connectivity index (χ4v) is 3.72. The molecule has 0 bridgehead atoms. The van der Waals surface area contributed by atoms with Crippen LogP contribution in [0.5, 0.6) is 0 Å². The van der Waals surface area contributed by atoms with E-state index in [1.165, 1.54) is 0 Å². The van der Waals surface area contributed by atoms with Crippen LogP contribution >= 0.6 is 0 Å². The topological polar surface area (TPSA) is 95.5 Å². The second-order valence-electron chi connectivity index (χ2n) is 6.24. The first-order valence-corrected chi connectivity index (χ1v) is 8.88. The molecule has 0 aromatic heterocycles. The van der Waals surface area contributed by atoms with Crippen molar-refractivity contribution < 1.29 is 18.3 Å². The lowest BCUT2D eigenvalue weighted by molar-refractivity contribution is -0.121. The number of carbonyl (C=O) groups is 1. The molecule has 0 aromatic carbocycles. The van der Waals surface area contributed by atoms with Crippen LogP contribution in [0.25, 0.3) is 0 Å². The predicted molar refractivity (Wildman–Crippen MR) is 78.2 cm³/mol. The average molecular weight is 306 g/mol. The second-order valence-corrected chi connectivity index (χ2v) is 8.47. The molecule has 118 valence electrons. The number of carbonyl (C=O) groups excluding carboxylic acids is 1. The first-order chi connectivity index (χ1) is 9.24. The summed E-state index contributed by atoms with van der Waals surface area (Å²) in [5.41, 5.74) is -0.0650. The van der Waals surface area contributed by atoms with Crippen molar-refractivity contribution in [3.8, 4) is 0 Å². The summed E-state index contributed by atoms with van der Waals surface area (Å²) in [6.45, 7) is 5.17. The number of nitrogens with one attached hydrogen (secondary N) is 2. The van der Waals surface area contributed by atoms with Crippen molar-refractivity contribution >= 4 is 15.7 Å². The highest BCUT2D eigenvalue weighted by atomic mass is 32.2. The summed E-state index contributed by atoms with van der Waals surface area (Å²) >= 11 is 0. The number of amides is 1. The Kier molecular flexibility index (Phi) is 6.42. The van der Waals surface area contributed by atoms with Crippen LogP contribution in [0, 0.1) is 5.41 Å². The van der Waals surface area contributed by atoms with Crippen LogP contribution in [0.1, 0.15) is 33.1 Å². The van der Waals surface area contributed by atoms with Gasteiger partial charge >= 0.3 is 0 Å². The maximum Gasteiger partial charge on any atom is 0.221 e. The van der Waals surface area contributed by atoms with E-state index in [-0.39, 0.29) is 41.9 Å². The standard InChI is InChI=1S/C13H26N2O4S/c1-13(2,4-3-6-16)10-15-12(17)8-11-9-20(18,19)7-5-14-11/h11,14,16H,3-10H2,1-2H3,(H,15,17). The first-order valence-electron chi connectivity index (χ1n) is 7.05. The van der Waals surface area contributed by atoms with Crippen LogP contribution in [-0.4, -0.2) is 56.7 Å². The van der Waals surface area contributed by atoms with E-state index in [4.69, 9.17) is 5.11 Å². The van der Waals surface area contributed by atoms with Gasteiger partial charge in [0, 0.05) is 32.2 Å². The smallest absolute Gasteiger partial charge is 0.221 e. The molecule has 1 atom stereocenters. The quantitative estimate of drug-likeness (QED) is 0.599. The normalized spacial score (nSPS) is 22.4. The molecule has 1 unspecified atom stereocenters. The summed E-state index contributed by atoms with van der Waals surface area (Å²) in [7, 11) is -3.00. The van der Waals surface area contributed by atoms with E-state index in [1.54, 1.807) is 0 Å². The fraction of sp³-hybridized carbons (Fsp3) is 0.923. The lowest BCUT2D eigenvalue weighted by atomic mass is 9.88. The zero-order chi connectivity index (χ0) is 15.2.